The molecule has 1 N–H and O–H groups in total. The molecule has 0 saturated heterocycles. The lowest BCUT2D eigenvalue weighted by molar-refractivity contribution is 0.265. The zero-order chi connectivity index (χ0) is 17.0. The maximum Gasteiger partial charge on any atom is 0.243 e. The van der Waals surface area contributed by atoms with E-state index in [1.165, 1.54) is 17.1 Å². The zero-order valence-electron chi connectivity index (χ0n) is 14.0. The summed E-state index contributed by atoms with van der Waals surface area (Å²) in [6.07, 6.45) is 2.83. The standard InChI is InChI=1S/C16H24N4O2S/c1-13(2)19(3)11-15-8-6-5-7-14(15)9-18-23(21,22)16-10-17-20(4)12-16/h5-8,10,12-13,18H,9,11H2,1-4H3. The van der Waals surface area contributed by atoms with Gasteiger partial charge in [-0.05, 0) is 32.0 Å². The van der Waals surface area contributed by atoms with Gasteiger partial charge in [-0.1, -0.05) is 24.3 Å². The van der Waals surface area contributed by atoms with Crippen molar-refractivity contribution < 1.29 is 8.42 Å². The van der Waals surface area contributed by atoms with Crippen molar-refractivity contribution in [3.05, 3.63) is 47.8 Å². The first-order valence-electron chi connectivity index (χ1n) is 7.55. The van der Waals surface area contributed by atoms with E-state index in [1.807, 2.05) is 24.3 Å². The van der Waals surface area contributed by atoms with Crippen LogP contribution >= 0.6 is 0 Å². The van der Waals surface area contributed by atoms with Gasteiger partial charge in [0.25, 0.3) is 0 Å². The van der Waals surface area contributed by atoms with E-state index in [9.17, 15) is 8.42 Å². The van der Waals surface area contributed by atoms with Crippen molar-refractivity contribution in [1.82, 2.24) is 19.4 Å². The van der Waals surface area contributed by atoms with Gasteiger partial charge in [-0.15, -0.1) is 0 Å². The fourth-order valence-corrected chi connectivity index (χ4v) is 3.12. The average Bonchev–Trinajstić information content (AvgIpc) is 2.94. The fourth-order valence-electron chi connectivity index (χ4n) is 2.13. The summed E-state index contributed by atoms with van der Waals surface area (Å²) < 4.78 is 28.7. The van der Waals surface area contributed by atoms with E-state index < -0.39 is 10.0 Å². The average molecular weight is 336 g/mol. The lowest BCUT2D eigenvalue weighted by atomic mass is 10.1. The molecule has 0 bridgehead atoms. The highest BCUT2D eigenvalue weighted by Crippen LogP contribution is 2.14. The molecule has 0 fully saturated rings. The van der Waals surface area contributed by atoms with Crippen molar-refractivity contribution in [3.63, 3.8) is 0 Å². The van der Waals surface area contributed by atoms with Crippen molar-refractivity contribution >= 4 is 10.0 Å². The summed E-state index contributed by atoms with van der Waals surface area (Å²) in [4.78, 5) is 2.39. The number of hydrogen-bond donors (Lipinski definition) is 1. The van der Waals surface area contributed by atoms with Crippen LogP contribution in [-0.2, 0) is 30.2 Å². The van der Waals surface area contributed by atoms with Gasteiger partial charge in [-0.3, -0.25) is 9.58 Å². The molecule has 0 saturated carbocycles. The van der Waals surface area contributed by atoms with Gasteiger partial charge in [0.05, 0.1) is 6.20 Å². The Morgan fingerprint density at radius 3 is 2.48 bits per heavy atom. The molecule has 0 unspecified atom stereocenters. The van der Waals surface area contributed by atoms with E-state index >= 15 is 0 Å². The van der Waals surface area contributed by atoms with Gasteiger partial charge < -0.3 is 0 Å². The van der Waals surface area contributed by atoms with Crippen molar-refractivity contribution in [1.29, 1.82) is 0 Å². The molecule has 2 rings (SSSR count). The third-order valence-electron chi connectivity index (χ3n) is 3.86. The van der Waals surface area contributed by atoms with Gasteiger partial charge in [0.1, 0.15) is 4.90 Å². The quantitative estimate of drug-likeness (QED) is 0.836. The number of hydrogen-bond acceptors (Lipinski definition) is 4. The molecular formula is C16H24N4O2S. The van der Waals surface area contributed by atoms with Gasteiger partial charge in [0.2, 0.25) is 10.0 Å². The monoisotopic (exact) mass is 336 g/mol. The number of aromatic nitrogens is 2. The van der Waals surface area contributed by atoms with E-state index in [0.717, 1.165) is 17.7 Å². The summed E-state index contributed by atoms with van der Waals surface area (Å²) in [6, 6.07) is 8.31. The molecule has 0 spiro atoms. The summed E-state index contributed by atoms with van der Waals surface area (Å²) in [7, 11) is 0.201. The molecule has 126 valence electrons. The van der Waals surface area contributed by atoms with Crippen LogP contribution in [0.5, 0.6) is 0 Å². The van der Waals surface area contributed by atoms with Crippen molar-refractivity contribution in [2.24, 2.45) is 7.05 Å². The first-order chi connectivity index (χ1) is 10.8. The predicted molar refractivity (Wildman–Crippen MR) is 90.3 cm³/mol. The normalized spacial score (nSPS) is 12.3. The highest BCUT2D eigenvalue weighted by Gasteiger charge is 2.16. The smallest absolute Gasteiger partial charge is 0.243 e. The molecule has 1 aromatic carbocycles. The predicted octanol–water partition coefficient (Wildman–Crippen LogP) is 1.74. The Hall–Kier alpha value is -1.70. The molecule has 1 aromatic heterocycles. The van der Waals surface area contributed by atoms with Gasteiger partial charge in [-0.25, -0.2) is 13.1 Å². The molecular weight excluding hydrogens is 312 g/mol. The zero-order valence-corrected chi connectivity index (χ0v) is 14.8. The molecule has 0 aliphatic carbocycles. The van der Waals surface area contributed by atoms with Crippen molar-refractivity contribution in [2.75, 3.05) is 7.05 Å². The lowest BCUT2D eigenvalue weighted by Crippen LogP contribution is -2.27. The van der Waals surface area contributed by atoms with Crippen LogP contribution in [0.3, 0.4) is 0 Å². The Labute approximate surface area is 138 Å². The molecule has 2 aromatic rings. The first kappa shape index (κ1) is 17.7. The molecule has 23 heavy (non-hydrogen) atoms. The Morgan fingerprint density at radius 1 is 1.26 bits per heavy atom. The molecule has 1 heterocycles. The Bertz CT molecular complexity index is 753. The molecule has 0 atom stereocenters. The van der Waals surface area contributed by atoms with Crippen LogP contribution in [-0.4, -0.2) is 36.2 Å². The van der Waals surface area contributed by atoms with Gasteiger partial charge in [0, 0.05) is 32.4 Å². The topological polar surface area (TPSA) is 67.2 Å². The second-order valence-corrected chi connectivity index (χ2v) is 7.72. The maximum atomic E-state index is 12.3. The highest BCUT2D eigenvalue weighted by atomic mass is 32.2. The first-order valence-corrected chi connectivity index (χ1v) is 9.03. The number of aryl methyl sites for hydroxylation is 1. The van der Waals surface area contributed by atoms with Gasteiger partial charge in [-0.2, -0.15) is 5.10 Å². The summed E-state index contributed by atoms with van der Waals surface area (Å²) in [6.45, 7) is 5.31. The fraction of sp³-hybridized carbons (Fsp3) is 0.438. The SMILES string of the molecule is CC(C)N(C)Cc1ccccc1CNS(=O)(=O)c1cnn(C)c1. The third-order valence-corrected chi connectivity index (χ3v) is 5.22. The molecule has 0 radical (unpaired) electrons. The minimum atomic E-state index is -3.55. The minimum absolute atomic E-state index is 0.178. The minimum Gasteiger partial charge on any atom is -0.300 e. The molecule has 0 aliphatic heterocycles. The van der Waals surface area contributed by atoms with Crippen LogP contribution < -0.4 is 4.72 Å². The van der Waals surface area contributed by atoms with Crippen LogP contribution in [0.1, 0.15) is 25.0 Å². The van der Waals surface area contributed by atoms with E-state index in [0.29, 0.717) is 6.04 Å². The van der Waals surface area contributed by atoms with Crippen LogP contribution in [0.4, 0.5) is 0 Å². The number of sulfonamides is 1. The van der Waals surface area contributed by atoms with Gasteiger partial charge in [0.15, 0.2) is 0 Å². The lowest BCUT2D eigenvalue weighted by Gasteiger charge is -2.22. The van der Waals surface area contributed by atoms with E-state index in [-0.39, 0.29) is 11.4 Å². The number of nitrogens with zero attached hydrogens (tertiary/aromatic N) is 3. The molecule has 7 heteroatoms. The Balaban J connectivity index is 2.12. The largest absolute Gasteiger partial charge is 0.300 e. The van der Waals surface area contributed by atoms with Crippen LogP contribution in [0.2, 0.25) is 0 Å². The molecule has 0 amide bonds. The summed E-state index contributed by atoms with van der Waals surface area (Å²) >= 11 is 0. The van der Waals surface area contributed by atoms with Crippen LogP contribution in [0, 0.1) is 0 Å². The Morgan fingerprint density at radius 2 is 1.91 bits per heavy atom. The third kappa shape index (κ3) is 4.63. The van der Waals surface area contributed by atoms with E-state index in [4.69, 9.17) is 0 Å². The summed E-state index contributed by atoms with van der Waals surface area (Å²) in [5, 5.41) is 3.91. The van der Waals surface area contributed by atoms with Gasteiger partial charge >= 0.3 is 0 Å². The number of rotatable bonds is 7. The summed E-state index contributed by atoms with van der Waals surface area (Å²) in [5.41, 5.74) is 2.10. The van der Waals surface area contributed by atoms with Crippen LogP contribution in [0.15, 0.2) is 41.6 Å². The molecule has 0 aliphatic rings. The number of benzene rings is 1. The highest BCUT2D eigenvalue weighted by molar-refractivity contribution is 7.89. The van der Waals surface area contributed by atoms with E-state index in [2.05, 4.69) is 35.6 Å². The number of nitrogens with one attached hydrogen (secondary N) is 1. The van der Waals surface area contributed by atoms with Crippen LogP contribution in [0.25, 0.3) is 0 Å². The second kappa shape index (κ2) is 7.25. The van der Waals surface area contributed by atoms with E-state index in [1.54, 1.807) is 7.05 Å². The summed E-state index contributed by atoms with van der Waals surface area (Å²) in [5.74, 6) is 0. The second-order valence-electron chi connectivity index (χ2n) is 5.95. The van der Waals surface area contributed by atoms with Crippen molar-refractivity contribution in [2.45, 2.75) is 37.9 Å². The molecule has 6 nitrogen and oxygen atoms in total. The Kier molecular flexibility index (Phi) is 5.56. The maximum absolute atomic E-state index is 12.3. The van der Waals surface area contributed by atoms with Crippen molar-refractivity contribution in [3.8, 4) is 0 Å².